The molecule has 1 aliphatic rings. The van der Waals surface area contributed by atoms with Crippen LogP contribution in [0.15, 0.2) is 43.2 Å². The fourth-order valence-electron chi connectivity index (χ4n) is 3.69. The van der Waals surface area contributed by atoms with Crippen LogP contribution in [0.4, 0.5) is 21.6 Å². The molecule has 0 radical (unpaired) electrons. The van der Waals surface area contributed by atoms with Crippen LogP contribution in [0.1, 0.15) is 6.42 Å². The average molecular weight is 476 g/mol. The number of amides is 1. The number of benzene rings is 2. The molecule has 1 amide bonds. The summed E-state index contributed by atoms with van der Waals surface area (Å²) in [5.74, 6) is 0.177. The first-order valence-corrected chi connectivity index (χ1v) is 10.6. The fraction of sp³-hybridized carbons (Fsp3) is 0.227. The van der Waals surface area contributed by atoms with Crippen LogP contribution in [0.3, 0.4) is 0 Å². The highest BCUT2D eigenvalue weighted by Gasteiger charge is 2.26. The van der Waals surface area contributed by atoms with Gasteiger partial charge in [-0.05, 0) is 30.7 Å². The molecule has 1 atom stereocenters. The quantitative estimate of drug-likeness (QED) is 0.397. The number of ether oxygens (including phenoxy) is 1. The zero-order valence-electron chi connectivity index (χ0n) is 17.2. The average Bonchev–Trinajstić information content (AvgIpc) is 3.26. The van der Waals surface area contributed by atoms with Crippen LogP contribution in [0.5, 0.6) is 5.75 Å². The Hall–Kier alpha value is -3.10. The number of halogens is 3. The molecule has 1 fully saturated rings. The predicted molar refractivity (Wildman–Crippen MR) is 125 cm³/mol. The maximum atomic E-state index is 14.6. The SMILES string of the molecule is C=CC(=O)N[C@H]1CCN(c2cc3c(Nc4ccc(Cl)c(Cl)c4F)ncnc3cc2OC)C1. The van der Waals surface area contributed by atoms with Gasteiger partial charge in [0.2, 0.25) is 5.91 Å². The molecular formula is C22H20Cl2FN5O2. The second kappa shape index (κ2) is 9.18. The van der Waals surface area contributed by atoms with Gasteiger partial charge in [-0.25, -0.2) is 14.4 Å². The van der Waals surface area contributed by atoms with Crippen LogP contribution in [0.2, 0.25) is 10.0 Å². The van der Waals surface area contributed by atoms with Crippen LogP contribution in [-0.2, 0) is 4.79 Å². The van der Waals surface area contributed by atoms with Gasteiger partial charge >= 0.3 is 0 Å². The zero-order valence-corrected chi connectivity index (χ0v) is 18.7. The third-order valence-electron chi connectivity index (χ3n) is 5.28. The molecule has 1 saturated heterocycles. The van der Waals surface area contributed by atoms with Crippen molar-refractivity contribution in [2.75, 3.05) is 30.4 Å². The number of nitrogens with one attached hydrogen (secondary N) is 2. The van der Waals surface area contributed by atoms with Gasteiger partial charge in [-0.3, -0.25) is 4.79 Å². The number of rotatable bonds is 6. The van der Waals surface area contributed by atoms with Gasteiger partial charge in [0.1, 0.15) is 17.9 Å². The van der Waals surface area contributed by atoms with E-state index < -0.39 is 5.82 Å². The Balaban J connectivity index is 1.70. The minimum atomic E-state index is -0.667. The summed E-state index contributed by atoms with van der Waals surface area (Å²) in [7, 11) is 1.59. The number of anilines is 3. The molecule has 0 unspecified atom stereocenters. The summed E-state index contributed by atoms with van der Waals surface area (Å²) in [5.41, 5.74) is 1.59. The van der Waals surface area contributed by atoms with E-state index in [0.717, 1.165) is 18.7 Å². The summed E-state index contributed by atoms with van der Waals surface area (Å²) in [4.78, 5) is 22.4. The van der Waals surface area contributed by atoms with Crippen LogP contribution in [-0.4, -0.2) is 42.1 Å². The van der Waals surface area contributed by atoms with Crippen molar-refractivity contribution in [1.29, 1.82) is 0 Å². The van der Waals surface area contributed by atoms with Crippen LogP contribution < -0.4 is 20.3 Å². The molecule has 0 spiro atoms. The van der Waals surface area contributed by atoms with Crippen LogP contribution >= 0.6 is 23.2 Å². The summed E-state index contributed by atoms with van der Waals surface area (Å²) >= 11 is 11.8. The summed E-state index contributed by atoms with van der Waals surface area (Å²) in [6.07, 6.45) is 3.43. The first kappa shape index (κ1) is 22.1. The lowest BCUT2D eigenvalue weighted by molar-refractivity contribution is -0.117. The number of carbonyl (C=O) groups is 1. The van der Waals surface area contributed by atoms with Gasteiger partial charge in [-0.2, -0.15) is 0 Å². The summed E-state index contributed by atoms with van der Waals surface area (Å²) < 4.78 is 20.2. The van der Waals surface area contributed by atoms with Gasteiger partial charge < -0.3 is 20.3 Å². The number of methoxy groups -OCH3 is 1. The molecule has 2 N–H and O–H groups in total. The van der Waals surface area contributed by atoms with Crippen molar-refractivity contribution in [2.24, 2.45) is 0 Å². The molecule has 0 aliphatic carbocycles. The Bertz CT molecular complexity index is 1210. The second-order valence-corrected chi connectivity index (χ2v) is 8.04. The van der Waals surface area contributed by atoms with Crippen LogP contribution in [0.25, 0.3) is 10.9 Å². The van der Waals surface area contributed by atoms with Crippen molar-refractivity contribution in [2.45, 2.75) is 12.5 Å². The highest BCUT2D eigenvalue weighted by molar-refractivity contribution is 6.42. The van der Waals surface area contributed by atoms with E-state index in [0.29, 0.717) is 29.0 Å². The van der Waals surface area contributed by atoms with E-state index in [4.69, 9.17) is 27.9 Å². The third kappa shape index (κ3) is 4.28. The predicted octanol–water partition coefficient (Wildman–Crippen LogP) is 4.71. The standard InChI is InChI=1S/C22H20Cl2FN5O2/c1-3-19(31)28-12-6-7-30(10-12)17-8-13-16(9-18(17)32-2)26-11-27-22(13)29-15-5-4-14(23)20(24)21(15)25/h3-5,8-9,11-12H,1,6-7,10H2,2H3,(H,28,31)(H,26,27,29)/t12-/m0/s1. The molecule has 0 bridgehead atoms. The largest absolute Gasteiger partial charge is 0.495 e. The third-order valence-corrected chi connectivity index (χ3v) is 6.07. The lowest BCUT2D eigenvalue weighted by Crippen LogP contribution is -2.36. The van der Waals surface area contributed by atoms with Gasteiger partial charge in [-0.15, -0.1) is 0 Å². The molecule has 4 rings (SSSR count). The van der Waals surface area contributed by atoms with E-state index in [1.54, 1.807) is 13.2 Å². The second-order valence-electron chi connectivity index (χ2n) is 7.26. The molecule has 10 heteroatoms. The first-order chi connectivity index (χ1) is 15.4. The van der Waals surface area contributed by atoms with Crippen molar-refractivity contribution in [3.05, 3.63) is 59.1 Å². The Morgan fingerprint density at radius 1 is 1.34 bits per heavy atom. The molecule has 2 heterocycles. The van der Waals surface area contributed by atoms with E-state index in [9.17, 15) is 9.18 Å². The van der Waals surface area contributed by atoms with E-state index in [1.165, 1.54) is 24.5 Å². The van der Waals surface area contributed by atoms with Crippen molar-refractivity contribution in [3.63, 3.8) is 0 Å². The normalized spacial score (nSPS) is 15.6. The molecule has 1 aromatic heterocycles. The minimum absolute atomic E-state index is 0.00386. The van der Waals surface area contributed by atoms with Crippen LogP contribution in [0, 0.1) is 5.82 Å². The lowest BCUT2D eigenvalue weighted by Gasteiger charge is -2.22. The fourth-order valence-corrected chi connectivity index (χ4v) is 4.00. The Labute approximate surface area is 194 Å². The molecular weight excluding hydrogens is 456 g/mol. The van der Waals surface area contributed by atoms with Crippen molar-refractivity contribution >= 4 is 57.2 Å². The number of carbonyl (C=O) groups excluding carboxylic acids is 1. The van der Waals surface area contributed by atoms with Gasteiger partial charge in [0.15, 0.2) is 5.82 Å². The lowest BCUT2D eigenvalue weighted by atomic mass is 10.1. The highest BCUT2D eigenvalue weighted by Crippen LogP contribution is 2.38. The number of hydrogen-bond acceptors (Lipinski definition) is 6. The number of hydrogen-bond donors (Lipinski definition) is 2. The van der Waals surface area contributed by atoms with E-state index >= 15 is 0 Å². The molecule has 32 heavy (non-hydrogen) atoms. The monoisotopic (exact) mass is 475 g/mol. The molecule has 166 valence electrons. The number of fused-ring (bicyclic) bond motifs is 1. The maximum Gasteiger partial charge on any atom is 0.243 e. The molecule has 1 aliphatic heterocycles. The smallest absolute Gasteiger partial charge is 0.243 e. The molecule has 2 aromatic carbocycles. The van der Waals surface area contributed by atoms with Crippen molar-refractivity contribution in [3.8, 4) is 5.75 Å². The Kier molecular flexibility index (Phi) is 6.34. The number of aromatic nitrogens is 2. The van der Waals surface area contributed by atoms with Crippen molar-refractivity contribution < 1.29 is 13.9 Å². The summed E-state index contributed by atoms with van der Waals surface area (Å²) in [5, 5.41) is 6.54. The van der Waals surface area contributed by atoms with Gasteiger partial charge in [0.25, 0.3) is 0 Å². The van der Waals surface area contributed by atoms with E-state index in [2.05, 4.69) is 32.1 Å². The highest BCUT2D eigenvalue weighted by atomic mass is 35.5. The van der Waals surface area contributed by atoms with E-state index in [-0.39, 0.29) is 27.7 Å². The molecule has 3 aromatic rings. The van der Waals surface area contributed by atoms with Gasteiger partial charge in [0.05, 0.1) is 34.0 Å². The van der Waals surface area contributed by atoms with E-state index in [1.807, 2.05) is 6.07 Å². The first-order valence-electron chi connectivity index (χ1n) is 9.82. The number of nitrogens with zero attached hydrogens (tertiary/aromatic N) is 3. The maximum absolute atomic E-state index is 14.6. The van der Waals surface area contributed by atoms with Gasteiger partial charge in [-0.1, -0.05) is 29.8 Å². The summed E-state index contributed by atoms with van der Waals surface area (Å²) in [6.45, 7) is 4.83. The van der Waals surface area contributed by atoms with Gasteiger partial charge in [0, 0.05) is 30.6 Å². The topological polar surface area (TPSA) is 79.4 Å². The molecule has 0 saturated carbocycles. The summed E-state index contributed by atoms with van der Waals surface area (Å²) in [6, 6.07) is 6.70. The Morgan fingerprint density at radius 2 is 2.16 bits per heavy atom. The zero-order chi connectivity index (χ0) is 22.8. The van der Waals surface area contributed by atoms with Crippen molar-refractivity contribution in [1.82, 2.24) is 15.3 Å². The Morgan fingerprint density at radius 3 is 2.91 bits per heavy atom. The minimum Gasteiger partial charge on any atom is -0.495 e. The molecule has 7 nitrogen and oxygen atoms in total.